The van der Waals surface area contributed by atoms with E-state index in [-0.39, 0.29) is 29.1 Å². The molecule has 5 N–H and O–H groups in total. The lowest BCUT2D eigenvalue weighted by Gasteiger charge is -2.17. The average Bonchev–Trinajstić information content (AvgIpc) is 3.35. The number of hydrogen-bond acceptors (Lipinski definition) is 5. The summed E-state index contributed by atoms with van der Waals surface area (Å²) in [6.07, 6.45) is 2.35. The van der Waals surface area contributed by atoms with Crippen molar-refractivity contribution in [2.45, 2.75) is 38.5 Å². The molecule has 0 aliphatic rings. The van der Waals surface area contributed by atoms with Crippen molar-refractivity contribution in [1.82, 2.24) is 15.8 Å². The minimum atomic E-state index is -0.220. The summed E-state index contributed by atoms with van der Waals surface area (Å²) in [6.45, 7) is 8.75. The standard InChI is InChI=1S/C32H35ClFN5O2/c1-20(23-5-10-26(34)11-6-23)4-14-28-29-18-25(33)9-15-30(29)37-31(28)22(3)24-7-12-27(13-8-24)41-17-16-36-39-32(38-35)21(2)19-40/h5-13,15,18-20,22,36-37H,2,4,14,16-17,35H2,1,3H3,(H,38,39). The van der Waals surface area contributed by atoms with Crippen LogP contribution in [0.25, 0.3) is 10.9 Å². The maximum atomic E-state index is 13.4. The van der Waals surface area contributed by atoms with Crippen molar-refractivity contribution < 1.29 is 13.9 Å². The van der Waals surface area contributed by atoms with E-state index < -0.39 is 0 Å². The number of nitrogens with zero attached hydrogens (tertiary/aromatic N) is 1. The van der Waals surface area contributed by atoms with Gasteiger partial charge < -0.3 is 21.0 Å². The molecule has 3 aromatic carbocycles. The van der Waals surface area contributed by atoms with Crippen molar-refractivity contribution in [3.05, 3.63) is 112 Å². The van der Waals surface area contributed by atoms with Crippen molar-refractivity contribution in [3.63, 3.8) is 0 Å². The Morgan fingerprint density at radius 1 is 1.12 bits per heavy atom. The Balaban J connectivity index is 1.43. The molecule has 4 rings (SSSR count). The fraction of sp³-hybridized carbons (Fsp3) is 0.250. The minimum Gasteiger partial charge on any atom is -0.492 e. The first-order chi connectivity index (χ1) is 19.8. The van der Waals surface area contributed by atoms with Gasteiger partial charge in [-0.2, -0.15) is 5.10 Å². The number of H-pyrrole nitrogens is 1. The lowest BCUT2D eigenvalue weighted by molar-refractivity contribution is -0.104. The monoisotopic (exact) mass is 575 g/mol. The summed E-state index contributed by atoms with van der Waals surface area (Å²) in [5, 5.41) is 5.31. The number of nitrogens with two attached hydrogens (primary N) is 1. The van der Waals surface area contributed by atoms with Crippen molar-refractivity contribution >= 4 is 34.6 Å². The molecule has 0 aliphatic carbocycles. The van der Waals surface area contributed by atoms with E-state index in [0.717, 1.165) is 46.3 Å². The number of benzene rings is 3. The van der Waals surface area contributed by atoms with Gasteiger partial charge in [0.2, 0.25) is 0 Å². The van der Waals surface area contributed by atoms with Crippen LogP contribution >= 0.6 is 11.6 Å². The third-order valence-corrected chi connectivity index (χ3v) is 7.49. The molecule has 0 saturated carbocycles. The van der Waals surface area contributed by atoms with Crippen LogP contribution in [0, 0.1) is 5.82 Å². The number of rotatable bonds is 13. The number of halogens is 2. The van der Waals surface area contributed by atoms with Gasteiger partial charge in [0.1, 0.15) is 18.2 Å². The van der Waals surface area contributed by atoms with Crippen molar-refractivity contribution in [2.75, 3.05) is 13.2 Å². The number of hydrogen-bond donors (Lipinski definition) is 4. The number of aldehydes is 1. The second-order valence-corrected chi connectivity index (χ2v) is 10.4. The highest BCUT2D eigenvalue weighted by Gasteiger charge is 2.20. The lowest BCUT2D eigenvalue weighted by Crippen LogP contribution is -2.41. The van der Waals surface area contributed by atoms with Gasteiger partial charge in [0.25, 0.3) is 0 Å². The van der Waals surface area contributed by atoms with Gasteiger partial charge in [-0.15, -0.1) is 0 Å². The second-order valence-electron chi connectivity index (χ2n) is 10.0. The van der Waals surface area contributed by atoms with E-state index in [1.54, 1.807) is 0 Å². The smallest absolute Gasteiger partial charge is 0.169 e. The van der Waals surface area contributed by atoms with Gasteiger partial charge in [0.15, 0.2) is 12.1 Å². The number of ether oxygens (including phenoxy) is 1. The van der Waals surface area contributed by atoms with Crippen molar-refractivity contribution in [2.24, 2.45) is 10.9 Å². The van der Waals surface area contributed by atoms with Gasteiger partial charge in [0, 0.05) is 34.1 Å². The summed E-state index contributed by atoms with van der Waals surface area (Å²) in [7, 11) is 0. The van der Waals surface area contributed by atoms with E-state index in [1.165, 1.54) is 17.7 Å². The SMILES string of the molecule is C=C(C=O)/C(=N/N)NNCCOc1ccc(C(C)c2[nH]c3ccc(Cl)cc3c2CCC(C)c2ccc(F)cc2)cc1. The van der Waals surface area contributed by atoms with E-state index in [4.69, 9.17) is 22.2 Å². The first-order valence-corrected chi connectivity index (χ1v) is 13.9. The van der Waals surface area contributed by atoms with Crippen LogP contribution < -0.4 is 21.4 Å². The fourth-order valence-corrected chi connectivity index (χ4v) is 5.01. The van der Waals surface area contributed by atoms with Crippen LogP contribution in [0.1, 0.15) is 54.5 Å². The minimum absolute atomic E-state index is 0.108. The largest absolute Gasteiger partial charge is 0.492 e. The predicted octanol–water partition coefficient (Wildman–Crippen LogP) is 6.35. The van der Waals surface area contributed by atoms with Crippen molar-refractivity contribution in [1.29, 1.82) is 0 Å². The Bertz CT molecular complexity index is 1520. The van der Waals surface area contributed by atoms with Crippen LogP contribution in [0.15, 0.2) is 84.0 Å². The number of aromatic nitrogens is 1. The van der Waals surface area contributed by atoms with Crippen LogP contribution in [0.2, 0.25) is 5.02 Å². The zero-order valence-corrected chi connectivity index (χ0v) is 24.0. The Kier molecular flexibility index (Phi) is 10.2. The zero-order chi connectivity index (χ0) is 29.4. The Morgan fingerprint density at radius 2 is 1.83 bits per heavy atom. The number of hydrazine groups is 1. The summed E-state index contributed by atoms with van der Waals surface area (Å²) < 4.78 is 19.3. The average molecular weight is 576 g/mol. The molecule has 1 heterocycles. The summed E-state index contributed by atoms with van der Waals surface area (Å²) >= 11 is 6.39. The first-order valence-electron chi connectivity index (χ1n) is 13.5. The van der Waals surface area contributed by atoms with E-state index in [9.17, 15) is 9.18 Å². The number of carbonyl (C=O) groups excluding carboxylic acids is 1. The van der Waals surface area contributed by atoms with Gasteiger partial charge in [-0.05, 0) is 77.9 Å². The van der Waals surface area contributed by atoms with Gasteiger partial charge in [-0.3, -0.25) is 4.79 Å². The number of hydrazone groups is 1. The van der Waals surface area contributed by atoms with Gasteiger partial charge in [0.05, 0.1) is 5.57 Å². The molecule has 214 valence electrons. The molecule has 0 amide bonds. The van der Waals surface area contributed by atoms with Crippen LogP contribution in [0.3, 0.4) is 0 Å². The maximum Gasteiger partial charge on any atom is 0.169 e. The highest BCUT2D eigenvalue weighted by atomic mass is 35.5. The number of carbonyl (C=O) groups is 1. The number of aromatic amines is 1. The molecular formula is C32H35ClFN5O2. The molecule has 0 saturated heterocycles. The fourth-order valence-electron chi connectivity index (χ4n) is 4.84. The molecule has 41 heavy (non-hydrogen) atoms. The van der Waals surface area contributed by atoms with Crippen LogP contribution in [-0.2, 0) is 11.2 Å². The third kappa shape index (κ3) is 7.54. The van der Waals surface area contributed by atoms with Crippen molar-refractivity contribution in [3.8, 4) is 5.75 Å². The molecule has 2 atom stereocenters. The summed E-state index contributed by atoms with van der Waals surface area (Å²) in [5.41, 5.74) is 11.5. The Labute approximate surface area is 244 Å². The van der Waals surface area contributed by atoms with Crippen LogP contribution in [0.4, 0.5) is 4.39 Å². The normalized spacial score (nSPS) is 13.1. The Morgan fingerprint density at radius 3 is 2.51 bits per heavy atom. The van der Waals surface area contributed by atoms with Gasteiger partial charge in [-0.1, -0.05) is 56.3 Å². The number of fused-ring (bicyclic) bond motifs is 1. The maximum absolute atomic E-state index is 13.4. The molecule has 7 nitrogen and oxygen atoms in total. The molecule has 0 aliphatic heterocycles. The first kappa shape index (κ1) is 29.8. The predicted molar refractivity (Wildman–Crippen MR) is 164 cm³/mol. The molecule has 1 aromatic heterocycles. The quantitative estimate of drug-likeness (QED) is 0.0283. The second kappa shape index (κ2) is 14.0. The molecule has 0 fully saturated rings. The molecule has 4 aromatic rings. The summed E-state index contributed by atoms with van der Waals surface area (Å²) in [6, 6.07) is 20.8. The number of aryl methyl sites for hydroxylation is 1. The van der Waals surface area contributed by atoms with E-state index in [2.05, 4.69) is 53.5 Å². The Hall–Kier alpha value is -4.14. The summed E-state index contributed by atoms with van der Waals surface area (Å²) in [5.74, 6) is 6.32. The number of amidine groups is 1. The molecule has 9 heteroatoms. The van der Waals surface area contributed by atoms with Gasteiger partial charge in [-0.25, -0.2) is 9.82 Å². The van der Waals surface area contributed by atoms with E-state index in [1.807, 2.05) is 42.5 Å². The number of nitrogens with one attached hydrogen (secondary N) is 3. The molecule has 0 spiro atoms. The van der Waals surface area contributed by atoms with Crippen LogP contribution in [-0.4, -0.2) is 30.3 Å². The molecule has 0 radical (unpaired) electrons. The highest BCUT2D eigenvalue weighted by Crippen LogP contribution is 2.35. The topological polar surface area (TPSA) is 105 Å². The molecule has 2 unspecified atom stereocenters. The van der Waals surface area contributed by atoms with Gasteiger partial charge >= 0.3 is 0 Å². The summed E-state index contributed by atoms with van der Waals surface area (Å²) in [4.78, 5) is 14.4. The lowest BCUT2D eigenvalue weighted by atomic mass is 9.89. The van der Waals surface area contributed by atoms with E-state index >= 15 is 0 Å². The molecule has 0 bridgehead atoms. The van der Waals surface area contributed by atoms with E-state index in [0.29, 0.717) is 24.5 Å². The highest BCUT2D eigenvalue weighted by molar-refractivity contribution is 6.31. The molecular weight excluding hydrogens is 541 g/mol. The van der Waals surface area contributed by atoms with Crippen LogP contribution in [0.5, 0.6) is 5.75 Å². The zero-order valence-electron chi connectivity index (χ0n) is 23.2. The third-order valence-electron chi connectivity index (χ3n) is 7.26.